The Hall–Kier alpha value is -2.89. The molecule has 1 amide bonds. The van der Waals surface area contributed by atoms with Crippen LogP contribution in [0.1, 0.15) is 31.9 Å². The maximum Gasteiger partial charge on any atom is 0.305 e. The van der Waals surface area contributed by atoms with E-state index < -0.39 is 0 Å². The van der Waals surface area contributed by atoms with Crippen LogP contribution in [-0.4, -0.2) is 38.5 Å². The van der Waals surface area contributed by atoms with Crippen LogP contribution in [0, 0.1) is 0 Å². The van der Waals surface area contributed by atoms with Crippen molar-refractivity contribution in [2.75, 3.05) is 12.4 Å². The summed E-state index contributed by atoms with van der Waals surface area (Å²) in [7, 11) is 1.60. The molecule has 2 heterocycles. The molecule has 0 spiro atoms. The minimum Gasteiger partial charge on any atom is -0.458 e. The predicted molar refractivity (Wildman–Crippen MR) is 118 cm³/mol. The molecular formula is C18H23ClN8O2S. The smallest absolute Gasteiger partial charge is 0.305 e. The van der Waals surface area contributed by atoms with Gasteiger partial charge in [-0.05, 0) is 18.6 Å². The van der Waals surface area contributed by atoms with Crippen molar-refractivity contribution in [1.82, 2.24) is 19.5 Å². The molecule has 0 unspecified atom stereocenters. The van der Waals surface area contributed by atoms with Gasteiger partial charge in [0.15, 0.2) is 5.13 Å². The van der Waals surface area contributed by atoms with Crippen LogP contribution in [0.15, 0.2) is 28.7 Å². The number of unbranched alkanes of at least 4 members (excludes halogenated alkanes) is 1. The Morgan fingerprint density at radius 2 is 2.23 bits per heavy atom. The summed E-state index contributed by atoms with van der Waals surface area (Å²) < 4.78 is 7.46. The van der Waals surface area contributed by atoms with Crippen molar-refractivity contribution in [2.24, 2.45) is 16.8 Å². The Morgan fingerprint density at radius 3 is 2.93 bits per heavy atom. The van der Waals surface area contributed by atoms with E-state index in [4.69, 9.17) is 28.0 Å². The molecule has 0 aliphatic rings. The molecular weight excluding hydrogens is 428 g/mol. The monoisotopic (exact) mass is 450 g/mol. The van der Waals surface area contributed by atoms with Gasteiger partial charge in [-0.25, -0.2) is 15.4 Å². The van der Waals surface area contributed by atoms with Crippen LogP contribution in [0.2, 0.25) is 5.02 Å². The molecule has 3 rings (SSSR count). The van der Waals surface area contributed by atoms with Crippen LogP contribution in [0.4, 0.5) is 5.13 Å². The maximum absolute atomic E-state index is 11.9. The molecule has 30 heavy (non-hydrogen) atoms. The number of nitrogens with one attached hydrogen (secondary N) is 1. The topological polar surface area (TPSA) is 137 Å². The van der Waals surface area contributed by atoms with Crippen molar-refractivity contribution < 1.29 is 9.53 Å². The normalized spacial score (nSPS) is 11.7. The number of hydrazone groups is 1. The minimum absolute atomic E-state index is 0.0510. The third-order valence-electron chi connectivity index (χ3n) is 4.14. The number of carbonyl (C=O) groups excluding carboxylic acids is 1. The summed E-state index contributed by atoms with van der Waals surface area (Å²) >= 11 is 7.61. The number of anilines is 1. The number of ether oxygens (including phenoxy) is 1. The quantitative estimate of drug-likeness (QED) is 0.218. The van der Waals surface area contributed by atoms with Crippen molar-refractivity contribution in [1.29, 1.82) is 0 Å². The van der Waals surface area contributed by atoms with Crippen LogP contribution in [0.3, 0.4) is 0 Å². The van der Waals surface area contributed by atoms with Gasteiger partial charge in [0, 0.05) is 18.8 Å². The Bertz CT molecular complexity index is 1060. The number of hydrogen-bond donors (Lipinski definition) is 3. The van der Waals surface area contributed by atoms with Crippen LogP contribution in [-0.2, 0) is 11.4 Å². The number of thiazole rings is 1. The van der Waals surface area contributed by atoms with E-state index >= 15 is 0 Å². The molecule has 3 aromatic rings. The van der Waals surface area contributed by atoms with Gasteiger partial charge in [0.1, 0.15) is 12.1 Å². The SMILES string of the molecule is CCCCC(=O)Nc1nc(COc2nc3c(Cl)cccc3n2/C(=N/N)N(C)N)cs1. The summed E-state index contributed by atoms with van der Waals surface area (Å²) in [6, 6.07) is 5.53. The zero-order valence-corrected chi connectivity index (χ0v) is 18.2. The second-order valence-electron chi connectivity index (χ2n) is 6.46. The number of benzene rings is 1. The molecule has 0 aliphatic heterocycles. The van der Waals surface area contributed by atoms with E-state index in [2.05, 4.69) is 20.4 Å². The standard InChI is InChI=1S/C18H23ClN8O2S/c1-3-4-8-14(28)23-16-22-11(10-30-16)9-29-18-24-15-12(19)6-5-7-13(15)27(18)17(25-20)26(2)21/h5-7,10H,3-4,8-9,20-21H2,1-2H3,(H,22,23,28)/b25-17+. The van der Waals surface area contributed by atoms with Gasteiger partial charge >= 0.3 is 6.01 Å². The van der Waals surface area contributed by atoms with Crippen molar-refractivity contribution >= 4 is 51.0 Å². The molecule has 1 aromatic carbocycles. The van der Waals surface area contributed by atoms with Gasteiger partial charge in [-0.2, -0.15) is 4.98 Å². The Labute approximate surface area is 182 Å². The molecule has 0 saturated heterocycles. The highest BCUT2D eigenvalue weighted by Gasteiger charge is 2.20. The number of rotatable bonds is 7. The first-order valence-corrected chi connectivity index (χ1v) is 10.5. The number of carbonyl (C=O) groups is 1. The number of aromatic nitrogens is 3. The summed E-state index contributed by atoms with van der Waals surface area (Å²) in [5, 5.41) is 10.6. The molecule has 0 radical (unpaired) electrons. The Balaban J connectivity index is 1.81. The summed E-state index contributed by atoms with van der Waals surface area (Å²) in [6.07, 6.45) is 2.27. The van der Waals surface area contributed by atoms with Gasteiger partial charge in [-0.1, -0.05) is 31.0 Å². The van der Waals surface area contributed by atoms with Crippen molar-refractivity contribution in [3.8, 4) is 6.01 Å². The van der Waals surface area contributed by atoms with Gasteiger partial charge in [-0.15, -0.1) is 16.4 Å². The van der Waals surface area contributed by atoms with Gasteiger partial charge in [0.05, 0.1) is 16.2 Å². The van der Waals surface area contributed by atoms with Crippen LogP contribution < -0.4 is 21.7 Å². The van der Waals surface area contributed by atoms with Crippen LogP contribution in [0.5, 0.6) is 6.01 Å². The highest BCUT2D eigenvalue weighted by molar-refractivity contribution is 7.13. The predicted octanol–water partition coefficient (Wildman–Crippen LogP) is 2.74. The first-order chi connectivity index (χ1) is 14.4. The van der Waals surface area contributed by atoms with Crippen LogP contribution in [0.25, 0.3) is 11.0 Å². The lowest BCUT2D eigenvalue weighted by molar-refractivity contribution is -0.116. The van der Waals surface area contributed by atoms with Crippen molar-refractivity contribution in [3.05, 3.63) is 34.3 Å². The fourth-order valence-corrected chi connectivity index (χ4v) is 3.65. The molecule has 0 saturated carbocycles. The summed E-state index contributed by atoms with van der Waals surface area (Å²) in [4.78, 5) is 20.7. The molecule has 0 fully saturated rings. The first kappa shape index (κ1) is 21.8. The number of nitrogens with zero attached hydrogens (tertiary/aromatic N) is 5. The van der Waals surface area contributed by atoms with E-state index in [9.17, 15) is 4.79 Å². The molecule has 0 bridgehead atoms. The third kappa shape index (κ3) is 4.81. The second-order valence-corrected chi connectivity index (χ2v) is 7.73. The largest absolute Gasteiger partial charge is 0.458 e. The summed E-state index contributed by atoms with van der Waals surface area (Å²) in [5.74, 6) is 11.6. The second kappa shape index (κ2) is 9.74. The van der Waals surface area contributed by atoms with Crippen molar-refractivity contribution in [2.45, 2.75) is 32.8 Å². The van der Waals surface area contributed by atoms with E-state index in [1.807, 2.05) is 18.4 Å². The highest BCUT2D eigenvalue weighted by Crippen LogP contribution is 2.28. The van der Waals surface area contributed by atoms with Gasteiger partial charge in [-0.3, -0.25) is 9.80 Å². The van der Waals surface area contributed by atoms with Gasteiger partial charge in [0.25, 0.3) is 0 Å². The fraction of sp³-hybridized carbons (Fsp3) is 0.333. The molecule has 0 aliphatic carbocycles. The maximum atomic E-state index is 11.9. The lowest BCUT2D eigenvalue weighted by Gasteiger charge is -2.17. The van der Waals surface area contributed by atoms with Gasteiger partial charge < -0.3 is 15.9 Å². The van der Waals surface area contributed by atoms with E-state index in [1.54, 1.807) is 23.7 Å². The van der Waals surface area contributed by atoms with E-state index in [0.29, 0.717) is 33.3 Å². The molecule has 0 atom stereocenters. The Kier molecular flexibility index (Phi) is 7.08. The average molecular weight is 451 g/mol. The number of halogens is 1. The number of imidazole rings is 1. The summed E-state index contributed by atoms with van der Waals surface area (Å²) in [5.41, 5.74) is 1.81. The number of fused-ring (bicyclic) bond motifs is 1. The van der Waals surface area contributed by atoms with E-state index in [1.165, 1.54) is 16.3 Å². The van der Waals surface area contributed by atoms with E-state index in [0.717, 1.165) is 12.8 Å². The summed E-state index contributed by atoms with van der Waals surface area (Å²) in [6.45, 7) is 2.16. The molecule has 5 N–H and O–H groups in total. The lowest BCUT2D eigenvalue weighted by atomic mass is 10.2. The zero-order valence-electron chi connectivity index (χ0n) is 16.6. The number of para-hydroxylation sites is 1. The highest BCUT2D eigenvalue weighted by atomic mass is 35.5. The fourth-order valence-electron chi connectivity index (χ4n) is 2.73. The molecule has 12 heteroatoms. The zero-order chi connectivity index (χ0) is 21.7. The average Bonchev–Trinajstić information content (AvgIpc) is 3.31. The number of nitrogens with two attached hydrogens (primary N) is 2. The van der Waals surface area contributed by atoms with E-state index in [-0.39, 0.29) is 24.5 Å². The Morgan fingerprint density at radius 1 is 1.43 bits per heavy atom. The van der Waals surface area contributed by atoms with Gasteiger partial charge in [0.2, 0.25) is 11.9 Å². The molecule has 10 nitrogen and oxygen atoms in total. The number of amides is 1. The lowest BCUT2D eigenvalue weighted by Crippen LogP contribution is -2.39. The number of hydrazine groups is 1. The minimum atomic E-state index is -0.0510. The first-order valence-electron chi connectivity index (χ1n) is 9.25. The molecule has 160 valence electrons. The number of hydrogen-bond acceptors (Lipinski definition) is 8. The van der Waals surface area contributed by atoms with Crippen molar-refractivity contribution in [3.63, 3.8) is 0 Å². The third-order valence-corrected chi connectivity index (χ3v) is 5.25. The molecule has 2 aromatic heterocycles. The van der Waals surface area contributed by atoms with Crippen LogP contribution >= 0.6 is 22.9 Å².